The fraction of sp³-hybridized carbons (Fsp3) is 0.591. The highest BCUT2D eigenvalue weighted by atomic mass is 127. The van der Waals surface area contributed by atoms with Crippen LogP contribution in [0.1, 0.15) is 52.1 Å². The number of nitrogens with one attached hydrogen (secondary N) is 2. The number of benzene rings is 1. The van der Waals surface area contributed by atoms with Gasteiger partial charge in [0.15, 0.2) is 17.5 Å². The summed E-state index contributed by atoms with van der Waals surface area (Å²) in [7, 11) is 0. The van der Waals surface area contributed by atoms with Crippen LogP contribution in [-0.2, 0) is 4.74 Å². The molecule has 0 bridgehead atoms. The van der Waals surface area contributed by atoms with Crippen LogP contribution >= 0.6 is 24.0 Å². The van der Waals surface area contributed by atoms with E-state index >= 15 is 0 Å². The number of hydrogen-bond donors (Lipinski definition) is 2. The molecule has 29 heavy (non-hydrogen) atoms. The first-order valence-corrected chi connectivity index (χ1v) is 10.4. The highest BCUT2D eigenvalue weighted by Gasteiger charge is 2.12. The Morgan fingerprint density at radius 1 is 1.17 bits per heavy atom. The topological polar surface area (TPSA) is 64.1 Å². The van der Waals surface area contributed by atoms with Crippen LogP contribution in [0, 0.1) is 0 Å². The van der Waals surface area contributed by atoms with Crippen molar-refractivity contribution in [3.05, 3.63) is 35.4 Å². The van der Waals surface area contributed by atoms with E-state index in [1.807, 2.05) is 26.0 Å². The van der Waals surface area contributed by atoms with Crippen LogP contribution in [0.2, 0.25) is 0 Å². The average Bonchev–Trinajstić information content (AvgIpc) is 2.70. The molecule has 0 radical (unpaired) electrons. The molecule has 0 amide bonds. The molecule has 1 atom stereocenters. The molecule has 0 fully saturated rings. The van der Waals surface area contributed by atoms with Gasteiger partial charge < -0.3 is 24.8 Å². The van der Waals surface area contributed by atoms with Crippen LogP contribution in [0.3, 0.4) is 0 Å². The number of aliphatic imine (C=N–C) groups is 1. The molecule has 0 aliphatic carbocycles. The second kappa shape index (κ2) is 14.5. The Balaban J connectivity index is 0.00000420. The molecule has 2 N–H and O–H groups in total. The monoisotopic (exact) mass is 517 g/mol. The molecule has 1 aromatic rings. The zero-order valence-corrected chi connectivity index (χ0v) is 20.5. The van der Waals surface area contributed by atoms with Gasteiger partial charge in [0.2, 0.25) is 0 Å². The number of nitrogens with zero attached hydrogens (tertiary/aromatic N) is 1. The van der Waals surface area contributed by atoms with Gasteiger partial charge >= 0.3 is 0 Å². The van der Waals surface area contributed by atoms with Gasteiger partial charge in [-0.15, -0.1) is 24.0 Å². The molecule has 1 aliphatic heterocycles. The van der Waals surface area contributed by atoms with Gasteiger partial charge in [0.25, 0.3) is 0 Å². The van der Waals surface area contributed by atoms with Crippen molar-refractivity contribution in [1.82, 2.24) is 10.6 Å². The number of rotatable bonds is 10. The van der Waals surface area contributed by atoms with E-state index in [9.17, 15) is 0 Å². The van der Waals surface area contributed by atoms with Crippen molar-refractivity contribution in [1.29, 1.82) is 0 Å². The van der Waals surface area contributed by atoms with E-state index in [4.69, 9.17) is 19.2 Å². The minimum Gasteiger partial charge on any atom is -0.490 e. The standard InChI is InChI=1S/C22H35N3O3.HI/c1-5-23-22(24-13-10-18-11-14-26-15-12-18)25-17(4)19-8-9-20(27-6-2)21(16-19)28-7-3;/h8-9,11,16-17H,5-7,10,12-15H2,1-4H3,(H2,23,24,25);1H. The summed E-state index contributed by atoms with van der Waals surface area (Å²) in [6, 6.07) is 6.18. The molecule has 6 nitrogen and oxygen atoms in total. The molecule has 1 aliphatic rings. The van der Waals surface area contributed by atoms with Crippen molar-refractivity contribution >= 4 is 29.9 Å². The first-order valence-electron chi connectivity index (χ1n) is 10.4. The molecule has 0 saturated heterocycles. The highest BCUT2D eigenvalue weighted by molar-refractivity contribution is 14.0. The summed E-state index contributed by atoms with van der Waals surface area (Å²) in [5.74, 6) is 2.39. The van der Waals surface area contributed by atoms with Gasteiger partial charge in [-0.1, -0.05) is 17.7 Å². The SMILES string of the molecule is CCNC(=NCCC1=CCOCC1)NC(C)c1ccc(OCC)c(OCC)c1.I. The van der Waals surface area contributed by atoms with Crippen LogP contribution in [0.25, 0.3) is 0 Å². The second-order valence-electron chi connectivity index (χ2n) is 6.64. The Bertz CT molecular complexity index is 665. The predicted octanol–water partition coefficient (Wildman–Crippen LogP) is 4.45. The van der Waals surface area contributed by atoms with Crippen LogP contribution in [0.15, 0.2) is 34.8 Å². The molecule has 1 unspecified atom stereocenters. The third-order valence-corrected chi connectivity index (χ3v) is 4.53. The van der Waals surface area contributed by atoms with Crippen molar-refractivity contribution < 1.29 is 14.2 Å². The maximum atomic E-state index is 5.75. The maximum Gasteiger partial charge on any atom is 0.191 e. The van der Waals surface area contributed by atoms with Gasteiger partial charge in [-0.2, -0.15) is 0 Å². The van der Waals surface area contributed by atoms with E-state index < -0.39 is 0 Å². The van der Waals surface area contributed by atoms with Gasteiger partial charge in [0, 0.05) is 13.1 Å². The van der Waals surface area contributed by atoms with Crippen molar-refractivity contribution in [2.45, 2.75) is 46.6 Å². The number of ether oxygens (including phenoxy) is 3. The number of halogens is 1. The molecule has 0 aromatic heterocycles. The first-order chi connectivity index (χ1) is 13.7. The van der Waals surface area contributed by atoms with Gasteiger partial charge in [-0.05, 0) is 58.2 Å². The Morgan fingerprint density at radius 2 is 1.93 bits per heavy atom. The zero-order chi connectivity index (χ0) is 20.2. The van der Waals surface area contributed by atoms with Crippen molar-refractivity contribution in [3.8, 4) is 11.5 Å². The highest BCUT2D eigenvalue weighted by Crippen LogP contribution is 2.30. The van der Waals surface area contributed by atoms with Crippen LogP contribution in [0.4, 0.5) is 0 Å². The van der Waals surface area contributed by atoms with Crippen LogP contribution < -0.4 is 20.1 Å². The van der Waals surface area contributed by atoms with Gasteiger partial charge in [-0.25, -0.2) is 0 Å². The molecular weight excluding hydrogens is 481 g/mol. The summed E-state index contributed by atoms with van der Waals surface area (Å²) < 4.78 is 16.8. The molecule has 2 rings (SSSR count). The normalized spacial score (nSPS) is 15.0. The summed E-state index contributed by atoms with van der Waals surface area (Å²) in [5.41, 5.74) is 2.57. The Labute approximate surface area is 192 Å². The van der Waals surface area contributed by atoms with Gasteiger partial charge in [0.1, 0.15) is 0 Å². The molecule has 0 saturated carbocycles. The van der Waals surface area contributed by atoms with Crippen molar-refractivity contribution in [2.75, 3.05) is 39.5 Å². The molecule has 7 heteroatoms. The third-order valence-electron chi connectivity index (χ3n) is 4.53. The largest absolute Gasteiger partial charge is 0.490 e. The second-order valence-corrected chi connectivity index (χ2v) is 6.64. The number of guanidine groups is 1. The third kappa shape index (κ3) is 8.82. The number of hydrogen-bond acceptors (Lipinski definition) is 4. The zero-order valence-electron chi connectivity index (χ0n) is 18.1. The molecule has 0 spiro atoms. The van der Waals surface area contributed by atoms with E-state index in [1.54, 1.807) is 0 Å². The van der Waals surface area contributed by atoms with E-state index in [1.165, 1.54) is 5.57 Å². The predicted molar refractivity (Wildman–Crippen MR) is 130 cm³/mol. The lowest BCUT2D eigenvalue weighted by molar-refractivity contribution is 0.153. The maximum absolute atomic E-state index is 5.75. The average molecular weight is 517 g/mol. The summed E-state index contributed by atoms with van der Waals surface area (Å²) in [4.78, 5) is 4.74. The Morgan fingerprint density at radius 3 is 2.59 bits per heavy atom. The lowest BCUT2D eigenvalue weighted by Gasteiger charge is -2.20. The molecular formula is C22H36IN3O3. The fourth-order valence-electron chi connectivity index (χ4n) is 3.05. The molecule has 1 aromatic carbocycles. The summed E-state index contributed by atoms with van der Waals surface area (Å²) >= 11 is 0. The Hall–Kier alpha value is -1.48. The van der Waals surface area contributed by atoms with Gasteiger partial charge in [-0.3, -0.25) is 4.99 Å². The first kappa shape index (κ1) is 25.6. The molecule has 1 heterocycles. The lowest BCUT2D eigenvalue weighted by atomic mass is 10.1. The summed E-state index contributed by atoms with van der Waals surface area (Å²) in [5, 5.41) is 6.82. The van der Waals surface area contributed by atoms with E-state index in [0.717, 1.165) is 62.2 Å². The Kier molecular flexibility index (Phi) is 12.8. The quantitative estimate of drug-likeness (QED) is 0.208. The molecule has 164 valence electrons. The van der Waals surface area contributed by atoms with Crippen molar-refractivity contribution in [3.63, 3.8) is 0 Å². The van der Waals surface area contributed by atoms with Crippen LogP contribution in [0.5, 0.6) is 11.5 Å². The van der Waals surface area contributed by atoms with Gasteiger partial charge in [0.05, 0.1) is 32.5 Å². The van der Waals surface area contributed by atoms with Crippen molar-refractivity contribution in [2.24, 2.45) is 4.99 Å². The summed E-state index contributed by atoms with van der Waals surface area (Å²) in [6.45, 7) is 12.5. The lowest BCUT2D eigenvalue weighted by Crippen LogP contribution is -2.38. The minimum atomic E-state index is 0. The summed E-state index contributed by atoms with van der Waals surface area (Å²) in [6.07, 6.45) is 4.17. The van der Waals surface area contributed by atoms with E-state index in [0.29, 0.717) is 13.2 Å². The fourth-order valence-corrected chi connectivity index (χ4v) is 3.05. The van der Waals surface area contributed by atoms with E-state index in [2.05, 4.69) is 36.6 Å². The van der Waals surface area contributed by atoms with E-state index in [-0.39, 0.29) is 30.0 Å². The minimum absolute atomic E-state index is 0. The smallest absolute Gasteiger partial charge is 0.191 e. The van der Waals surface area contributed by atoms with Crippen LogP contribution in [-0.4, -0.2) is 45.5 Å².